The molecule has 0 aromatic carbocycles. The van der Waals surface area contributed by atoms with Crippen LogP contribution >= 0.6 is 11.8 Å². The second-order valence-electron chi connectivity index (χ2n) is 2.34. The van der Waals surface area contributed by atoms with Crippen LogP contribution in [-0.2, 0) is 9.53 Å². The zero-order valence-electron chi connectivity index (χ0n) is 7.21. The van der Waals surface area contributed by atoms with E-state index in [0.29, 0.717) is 13.1 Å². The van der Waals surface area contributed by atoms with Gasteiger partial charge in [-0.2, -0.15) is 11.8 Å². The van der Waals surface area contributed by atoms with E-state index in [-0.39, 0.29) is 0 Å². The Balaban J connectivity index is 0.000000187. The Morgan fingerprint density at radius 1 is 1.64 bits per heavy atom. The van der Waals surface area contributed by atoms with Crippen molar-refractivity contribution in [3.05, 3.63) is 0 Å². The topological polar surface area (TPSA) is 26.3 Å². The highest BCUT2D eigenvalue weighted by Gasteiger charge is 2.14. The van der Waals surface area contributed by atoms with Crippen LogP contribution in [-0.4, -0.2) is 24.6 Å². The van der Waals surface area contributed by atoms with Crippen LogP contribution in [0.2, 0.25) is 0 Å². The minimum atomic E-state index is 0.431. The Bertz CT molecular complexity index is 89.3. The molecule has 1 aliphatic carbocycles. The number of rotatable bonds is 3. The van der Waals surface area contributed by atoms with Crippen LogP contribution in [0.5, 0.6) is 0 Å². The van der Waals surface area contributed by atoms with Crippen molar-refractivity contribution in [2.75, 3.05) is 12.9 Å². The van der Waals surface area contributed by atoms with E-state index < -0.39 is 0 Å². The number of carbonyl (C=O) groups excluding carboxylic acids is 1. The standard InChI is InChI=1S/C5H10S.C3H6O2/c1-6-5-3-2-4-5;1-2-5-3-4/h5H,2-4H2,1H3;3H,2H2,1H3. The second-order valence-corrected chi connectivity index (χ2v) is 3.48. The molecule has 11 heavy (non-hydrogen) atoms. The molecule has 66 valence electrons. The molecule has 3 heteroatoms. The van der Waals surface area contributed by atoms with Gasteiger partial charge in [-0.1, -0.05) is 6.42 Å². The predicted octanol–water partition coefficient (Wildman–Crippen LogP) is 2.08. The van der Waals surface area contributed by atoms with Crippen LogP contribution < -0.4 is 0 Å². The minimum absolute atomic E-state index is 0.431. The highest BCUT2D eigenvalue weighted by atomic mass is 32.2. The van der Waals surface area contributed by atoms with Crippen LogP contribution in [0.25, 0.3) is 0 Å². The lowest BCUT2D eigenvalue weighted by atomic mass is 10.0. The van der Waals surface area contributed by atoms with Crippen LogP contribution in [0.3, 0.4) is 0 Å². The Hall–Kier alpha value is -0.180. The van der Waals surface area contributed by atoms with Gasteiger partial charge >= 0.3 is 0 Å². The molecule has 1 fully saturated rings. The monoisotopic (exact) mass is 176 g/mol. The first kappa shape index (κ1) is 10.8. The van der Waals surface area contributed by atoms with E-state index in [9.17, 15) is 4.79 Å². The molecule has 0 amide bonds. The smallest absolute Gasteiger partial charge is 0.293 e. The van der Waals surface area contributed by atoms with E-state index in [0.717, 1.165) is 5.25 Å². The molecule has 0 atom stereocenters. The van der Waals surface area contributed by atoms with Crippen LogP contribution in [0.4, 0.5) is 0 Å². The van der Waals surface area contributed by atoms with Crippen molar-refractivity contribution in [1.82, 2.24) is 0 Å². The maximum Gasteiger partial charge on any atom is 0.293 e. The Kier molecular flexibility index (Phi) is 7.79. The van der Waals surface area contributed by atoms with Gasteiger partial charge in [0, 0.05) is 5.25 Å². The van der Waals surface area contributed by atoms with Crippen LogP contribution in [0, 0.1) is 0 Å². The van der Waals surface area contributed by atoms with Gasteiger partial charge in [0.05, 0.1) is 6.61 Å². The number of ether oxygens (including phenoxy) is 1. The summed E-state index contributed by atoms with van der Waals surface area (Å²) >= 11 is 2.01. The summed E-state index contributed by atoms with van der Waals surface area (Å²) < 4.78 is 4.15. The van der Waals surface area contributed by atoms with Gasteiger partial charge in [0.15, 0.2) is 0 Å². The summed E-state index contributed by atoms with van der Waals surface area (Å²) in [5, 5.41) is 1.03. The van der Waals surface area contributed by atoms with Gasteiger partial charge in [0.25, 0.3) is 6.47 Å². The molecule has 0 heterocycles. The minimum Gasteiger partial charge on any atom is -0.468 e. The fourth-order valence-electron chi connectivity index (χ4n) is 0.675. The molecule has 1 rings (SSSR count). The molecule has 0 spiro atoms. The Morgan fingerprint density at radius 3 is 2.27 bits per heavy atom. The molecule has 0 aromatic rings. The van der Waals surface area contributed by atoms with Crippen molar-refractivity contribution in [2.45, 2.75) is 31.4 Å². The lowest BCUT2D eigenvalue weighted by Gasteiger charge is -2.22. The van der Waals surface area contributed by atoms with E-state index in [1.54, 1.807) is 6.92 Å². The average Bonchev–Trinajstić information content (AvgIpc) is 1.88. The van der Waals surface area contributed by atoms with Crippen molar-refractivity contribution in [3.8, 4) is 0 Å². The maximum absolute atomic E-state index is 9.18. The van der Waals surface area contributed by atoms with E-state index in [4.69, 9.17) is 0 Å². The van der Waals surface area contributed by atoms with Gasteiger partial charge in [-0.3, -0.25) is 4.79 Å². The zero-order chi connectivity index (χ0) is 8.53. The van der Waals surface area contributed by atoms with Crippen LogP contribution in [0.1, 0.15) is 26.2 Å². The van der Waals surface area contributed by atoms with Gasteiger partial charge in [0.1, 0.15) is 0 Å². The fourth-order valence-corrected chi connectivity index (χ4v) is 1.48. The third kappa shape index (κ3) is 6.23. The summed E-state index contributed by atoms with van der Waals surface area (Å²) in [6.07, 6.45) is 6.62. The van der Waals surface area contributed by atoms with Gasteiger partial charge in [-0.25, -0.2) is 0 Å². The third-order valence-electron chi connectivity index (χ3n) is 1.62. The quantitative estimate of drug-likeness (QED) is 0.616. The summed E-state index contributed by atoms with van der Waals surface area (Å²) in [4.78, 5) is 9.18. The van der Waals surface area contributed by atoms with Crippen molar-refractivity contribution in [3.63, 3.8) is 0 Å². The Labute approximate surface area is 72.7 Å². The summed E-state index contributed by atoms with van der Waals surface area (Å²) in [5.41, 5.74) is 0. The lowest BCUT2D eigenvalue weighted by molar-refractivity contribution is -0.128. The molecule has 2 nitrogen and oxygen atoms in total. The molecule has 0 aromatic heterocycles. The van der Waals surface area contributed by atoms with Crippen molar-refractivity contribution < 1.29 is 9.53 Å². The molecule has 0 unspecified atom stereocenters. The van der Waals surface area contributed by atoms with E-state index >= 15 is 0 Å². The molecule has 0 N–H and O–H groups in total. The molecule has 1 saturated carbocycles. The van der Waals surface area contributed by atoms with Gasteiger partial charge in [-0.15, -0.1) is 0 Å². The average molecular weight is 176 g/mol. The van der Waals surface area contributed by atoms with Gasteiger partial charge in [0.2, 0.25) is 0 Å². The third-order valence-corrected chi connectivity index (χ3v) is 2.76. The number of thioether (sulfide) groups is 1. The lowest BCUT2D eigenvalue weighted by Crippen LogP contribution is -2.11. The first-order valence-corrected chi connectivity index (χ1v) is 5.22. The first-order valence-electron chi connectivity index (χ1n) is 3.93. The summed E-state index contributed by atoms with van der Waals surface area (Å²) in [6, 6.07) is 0. The largest absolute Gasteiger partial charge is 0.468 e. The molecular weight excluding hydrogens is 160 g/mol. The van der Waals surface area contributed by atoms with E-state index in [2.05, 4.69) is 11.0 Å². The summed E-state index contributed by atoms with van der Waals surface area (Å²) in [5.74, 6) is 0. The second kappa shape index (κ2) is 7.92. The summed E-state index contributed by atoms with van der Waals surface area (Å²) in [7, 11) is 0. The molecular formula is C8H16O2S. The molecule has 0 aliphatic heterocycles. The summed E-state index contributed by atoms with van der Waals surface area (Å²) in [6.45, 7) is 2.66. The highest BCUT2D eigenvalue weighted by Crippen LogP contribution is 2.28. The van der Waals surface area contributed by atoms with Crippen molar-refractivity contribution in [2.24, 2.45) is 0 Å². The maximum atomic E-state index is 9.18. The SMILES string of the molecule is CCOC=O.CSC1CCC1. The fraction of sp³-hybridized carbons (Fsp3) is 0.875. The Morgan fingerprint density at radius 2 is 2.27 bits per heavy atom. The number of hydrogen-bond acceptors (Lipinski definition) is 3. The first-order chi connectivity index (χ1) is 5.35. The van der Waals surface area contributed by atoms with Crippen LogP contribution in [0.15, 0.2) is 0 Å². The number of carbonyl (C=O) groups is 1. The highest BCUT2D eigenvalue weighted by molar-refractivity contribution is 7.99. The molecule has 0 saturated heterocycles. The molecule has 0 bridgehead atoms. The molecule has 1 aliphatic rings. The van der Waals surface area contributed by atoms with E-state index in [1.165, 1.54) is 19.3 Å². The zero-order valence-corrected chi connectivity index (χ0v) is 8.02. The molecule has 0 radical (unpaired) electrons. The normalized spacial score (nSPS) is 15.8. The van der Waals surface area contributed by atoms with E-state index in [1.807, 2.05) is 11.8 Å². The number of hydrogen-bond donors (Lipinski definition) is 0. The predicted molar refractivity (Wildman–Crippen MR) is 48.8 cm³/mol. The van der Waals surface area contributed by atoms with Gasteiger partial charge in [-0.05, 0) is 26.0 Å². The van der Waals surface area contributed by atoms with Gasteiger partial charge < -0.3 is 4.74 Å². The van der Waals surface area contributed by atoms with Crippen molar-refractivity contribution in [1.29, 1.82) is 0 Å². The van der Waals surface area contributed by atoms with Crippen molar-refractivity contribution >= 4 is 18.2 Å².